The van der Waals surface area contributed by atoms with Crippen molar-refractivity contribution in [2.45, 2.75) is 38.6 Å². The number of carboxylic acids is 1. The van der Waals surface area contributed by atoms with Gasteiger partial charge in [0.15, 0.2) is 0 Å². The Morgan fingerprint density at radius 2 is 1.95 bits per heavy atom. The van der Waals surface area contributed by atoms with E-state index in [4.69, 9.17) is 0 Å². The molecule has 0 heterocycles. The zero-order valence-corrected chi connectivity index (χ0v) is 12.7. The molecule has 0 saturated heterocycles. The molecule has 0 amide bonds. The first-order valence-corrected chi connectivity index (χ1v) is 7.24. The third-order valence-corrected chi connectivity index (χ3v) is 3.66. The second kappa shape index (κ2) is 7.90. The second-order valence-electron chi connectivity index (χ2n) is 5.38. The van der Waals surface area contributed by atoms with Gasteiger partial charge in [-0.15, -0.1) is 0 Å². The fraction of sp³-hybridized carbons (Fsp3) is 0.562. The average Bonchev–Trinajstić information content (AvgIpc) is 2.44. The number of anilines is 1. The van der Waals surface area contributed by atoms with Crippen molar-refractivity contribution in [3.8, 4) is 0 Å². The third kappa shape index (κ3) is 4.85. The number of rotatable bonds is 9. The van der Waals surface area contributed by atoms with Crippen LogP contribution in [0.15, 0.2) is 30.3 Å². The Morgan fingerprint density at radius 3 is 2.50 bits per heavy atom. The predicted octanol–water partition coefficient (Wildman–Crippen LogP) is 2.75. The molecule has 0 radical (unpaired) electrons. The maximum atomic E-state index is 11.3. The van der Waals surface area contributed by atoms with Gasteiger partial charge in [0.1, 0.15) is 5.54 Å². The topological polar surface area (TPSA) is 52.6 Å². The summed E-state index contributed by atoms with van der Waals surface area (Å²) in [6, 6.07) is 10.2. The minimum absolute atomic E-state index is 0.652. The molecule has 0 spiro atoms. The fourth-order valence-electron chi connectivity index (χ4n) is 2.30. The summed E-state index contributed by atoms with van der Waals surface area (Å²) in [5.74, 6) is -0.768. The van der Waals surface area contributed by atoms with Crippen molar-refractivity contribution in [2.24, 2.45) is 0 Å². The molecule has 0 aliphatic carbocycles. The van der Waals surface area contributed by atoms with E-state index in [0.717, 1.165) is 19.4 Å². The van der Waals surface area contributed by atoms with Crippen LogP contribution in [0.2, 0.25) is 0 Å². The molecule has 0 aliphatic heterocycles. The Labute approximate surface area is 121 Å². The molecule has 2 N–H and O–H groups in total. The molecule has 1 rings (SSSR count). The maximum absolute atomic E-state index is 11.3. The van der Waals surface area contributed by atoms with Crippen LogP contribution in [-0.2, 0) is 4.79 Å². The lowest BCUT2D eigenvalue weighted by atomic mass is 9.95. The van der Waals surface area contributed by atoms with Crippen LogP contribution < -0.4 is 10.2 Å². The number of benzene rings is 1. The molecule has 1 atom stereocenters. The lowest BCUT2D eigenvalue weighted by Crippen LogP contribution is -2.49. The molecule has 1 unspecified atom stereocenters. The van der Waals surface area contributed by atoms with Crippen LogP contribution in [0.4, 0.5) is 5.69 Å². The van der Waals surface area contributed by atoms with Crippen LogP contribution in [0, 0.1) is 0 Å². The third-order valence-electron chi connectivity index (χ3n) is 3.66. The average molecular weight is 278 g/mol. The number of carbonyl (C=O) groups is 1. The molecule has 4 heteroatoms. The highest BCUT2D eigenvalue weighted by Gasteiger charge is 2.30. The van der Waals surface area contributed by atoms with Gasteiger partial charge in [0.05, 0.1) is 0 Å². The van der Waals surface area contributed by atoms with Gasteiger partial charge in [-0.1, -0.05) is 25.1 Å². The fourth-order valence-corrected chi connectivity index (χ4v) is 2.30. The van der Waals surface area contributed by atoms with Crippen LogP contribution in [-0.4, -0.2) is 36.8 Å². The van der Waals surface area contributed by atoms with Gasteiger partial charge in [-0.3, -0.25) is 4.79 Å². The second-order valence-corrected chi connectivity index (χ2v) is 5.38. The van der Waals surface area contributed by atoms with E-state index >= 15 is 0 Å². The van der Waals surface area contributed by atoms with Crippen LogP contribution >= 0.6 is 0 Å². The van der Waals surface area contributed by atoms with Crippen molar-refractivity contribution in [2.75, 3.05) is 25.0 Å². The molecule has 4 nitrogen and oxygen atoms in total. The minimum atomic E-state index is -0.805. The first kappa shape index (κ1) is 16.5. The molecule has 0 fully saturated rings. The van der Waals surface area contributed by atoms with Gasteiger partial charge in [-0.05, 0) is 44.9 Å². The van der Waals surface area contributed by atoms with Crippen molar-refractivity contribution in [3.05, 3.63) is 30.3 Å². The summed E-state index contributed by atoms with van der Waals surface area (Å²) >= 11 is 0. The molecule has 20 heavy (non-hydrogen) atoms. The first-order valence-electron chi connectivity index (χ1n) is 7.24. The van der Waals surface area contributed by atoms with Crippen LogP contribution in [0.3, 0.4) is 0 Å². The number of carboxylic acid groups (broad SMARTS) is 1. The zero-order chi connectivity index (χ0) is 15.0. The van der Waals surface area contributed by atoms with Gasteiger partial charge < -0.3 is 15.3 Å². The monoisotopic (exact) mass is 278 g/mol. The van der Waals surface area contributed by atoms with E-state index < -0.39 is 11.5 Å². The minimum Gasteiger partial charge on any atom is -0.480 e. The van der Waals surface area contributed by atoms with Crippen molar-refractivity contribution < 1.29 is 9.90 Å². The summed E-state index contributed by atoms with van der Waals surface area (Å²) in [5, 5.41) is 12.3. The highest BCUT2D eigenvalue weighted by Crippen LogP contribution is 2.16. The number of likely N-dealkylation sites (N-methyl/N-ethyl adjacent to an activating group) is 1. The number of hydrogen-bond acceptors (Lipinski definition) is 3. The van der Waals surface area contributed by atoms with Crippen molar-refractivity contribution in [1.82, 2.24) is 5.32 Å². The van der Waals surface area contributed by atoms with Gasteiger partial charge in [0, 0.05) is 19.3 Å². The largest absolute Gasteiger partial charge is 0.480 e. The number of nitrogens with zero attached hydrogens (tertiary/aromatic N) is 1. The number of unbranched alkanes of at least 4 members (excludes halogenated alkanes) is 1. The number of hydrogen-bond donors (Lipinski definition) is 2. The van der Waals surface area contributed by atoms with Gasteiger partial charge in [0.25, 0.3) is 0 Å². The van der Waals surface area contributed by atoms with E-state index in [9.17, 15) is 9.90 Å². The highest BCUT2D eigenvalue weighted by atomic mass is 16.4. The summed E-state index contributed by atoms with van der Waals surface area (Å²) in [7, 11) is 2.07. The molecule has 1 aromatic carbocycles. The van der Waals surface area contributed by atoms with E-state index in [1.165, 1.54) is 5.69 Å². The normalized spacial score (nSPS) is 13.8. The summed E-state index contributed by atoms with van der Waals surface area (Å²) in [5.41, 5.74) is 0.389. The zero-order valence-electron chi connectivity index (χ0n) is 12.7. The van der Waals surface area contributed by atoms with Crippen LogP contribution in [0.25, 0.3) is 0 Å². The number of para-hydroxylation sites is 1. The summed E-state index contributed by atoms with van der Waals surface area (Å²) < 4.78 is 0. The molecule has 0 bridgehead atoms. The quantitative estimate of drug-likeness (QED) is 0.682. The molecule has 112 valence electrons. The van der Waals surface area contributed by atoms with E-state index in [-0.39, 0.29) is 0 Å². The summed E-state index contributed by atoms with van der Waals surface area (Å²) in [4.78, 5) is 13.5. The maximum Gasteiger partial charge on any atom is 0.323 e. The lowest BCUT2D eigenvalue weighted by Gasteiger charge is -2.26. The van der Waals surface area contributed by atoms with Gasteiger partial charge in [-0.25, -0.2) is 0 Å². The molecular weight excluding hydrogens is 252 g/mol. The van der Waals surface area contributed by atoms with Crippen LogP contribution in [0.5, 0.6) is 0 Å². The van der Waals surface area contributed by atoms with E-state index in [1.54, 1.807) is 6.92 Å². The summed E-state index contributed by atoms with van der Waals surface area (Å²) in [6.45, 7) is 5.31. The SMILES string of the molecule is CCNC(C)(CCCCN(C)c1ccccc1)C(=O)O. The molecule has 0 aromatic heterocycles. The van der Waals surface area contributed by atoms with Gasteiger partial charge >= 0.3 is 5.97 Å². The smallest absolute Gasteiger partial charge is 0.323 e. The Balaban J connectivity index is 2.35. The Kier molecular flexibility index (Phi) is 6.52. The van der Waals surface area contributed by atoms with Gasteiger partial charge in [-0.2, -0.15) is 0 Å². The Morgan fingerprint density at radius 1 is 1.30 bits per heavy atom. The van der Waals surface area contributed by atoms with E-state index in [0.29, 0.717) is 13.0 Å². The Bertz CT molecular complexity index is 408. The van der Waals surface area contributed by atoms with E-state index in [1.807, 2.05) is 25.1 Å². The van der Waals surface area contributed by atoms with Crippen molar-refractivity contribution >= 4 is 11.7 Å². The Hall–Kier alpha value is -1.55. The predicted molar refractivity (Wildman–Crippen MR) is 83.3 cm³/mol. The number of nitrogens with one attached hydrogen (secondary N) is 1. The van der Waals surface area contributed by atoms with Gasteiger partial charge in [0.2, 0.25) is 0 Å². The molecular formula is C16H26N2O2. The lowest BCUT2D eigenvalue weighted by molar-refractivity contribution is -0.144. The van der Waals surface area contributed by atoms with E-state index in [2.05, 4.69) is 29.4 Å². The highest BCUT2D eigenvalue weighted by molar-refractivity contribution is 5.78. The van der Waals surface area contributed by atoms with Crippen LogP contribution in [0.1, 0.15) is 33.1 Å². The van der Waals surface area contributed by atoms with Crippen molar-refractivity contribution in [3.63, 3.8) is 0 Å². The summed E-state index contributed by atoms with van der Waals surface area (Å²) in [6.07, 6.45) is 2.53. The molecule has 0 aliphatic rings. The number of aliphatic carboxylic acids is 1. The molecule has 1 aromatic rings. The van der Waals surface area contributed by atoms with Crippen molar-refractivity contribution in [1.29, 1.82) is 0 Å². The standard InChI is InChI=1S/C16H26N2O2/c1-4-17-16(2,15(19)20)12-8-9-13-18(3)14-10-6-5-7-11-14/h5-7,10-11,17H,4,8-9,12-13H2,1-3H3,(H,19,20). The molecule has 0 saturated carbocycles. The first-order chi connectivity index (χ1) is 9.49.